The molecule has 1 aromatic rings. The van der Waals surface area contributed by atoms with Gasteiger partial charge in [-0.1, -0.05) is 0 Å². The second kappa shape index (κ2) is 8.31. The van der Waals surface area contributed by atoms with Crippen LogP contribution in [0.15, 0.2) is 18.2 Å². The van der Waals surface area contributed by atoms with Crippen LogP contribution in [-0.4, -0.2) is 49.1 Å². The Balaban J connectivity index is 3.09. The molecule has 2 rings (SSSR count). The molecule has 5 heteroatoms. The Morgan fingerprint density at radius 3 is 1.82 bits per heavy atom. The third-order valence-corrected chi connectivity index (χ3v) is 14.5. The summed E-state index contributed by atoms with van der Waals surface area (Å²) in [6.07, 6.45) is 1.09. The molecule has 0 fully saturated rings. The quantitative estimate of drug-likeness (QED) is 0.353. The van der Waals surface area contributed by atoms with E-state index in [0.717, 1.165) is 6.42 Å². The van der Waals surface area contributed by atoms with Crippen LogP contribution in [0.4, 0.5) is 5.69 Å². The van der Waals surface area contributed by atoms with E-state index >= 15 is 0 Å². The molecule has 0 aliphatic carbocycles. The SMILES string of the molecule is C[Se][B-](C#N)([Se]C)C1=[N+](c2c(C(C)C)cccc2C(C)C)C(C)(C)CC1(C)C. The van der Waals surface area contributed by atoms with E-state index < -0.39 is 3.77 Å². The Morgan fingerprint density at radius 1 is 1.00 bits per heavy atom. The normalized spacial score (nSPS) is 18.8. The van der Waals surface area contributed by atoms with Gasteiger partial charge in [0.2, 0.25) is 0 Å². The van der Waals surface area contributed by atoms with Crippen LogP contribution < -0.4 is 0 Å². The van der Waals surface area contributed by atoms with Gasteiger partial charge in [-0.2, -0.15) is 0 Å². The van der Waals surface area contributed by atoms with E-state index in [4.69, 9.17) is 0 Å². The first-order valence-electron chi connectivity index (χ1n) is 10.3. The molecule has 0 saturated heterocycles. The standard InChI is InChI=1S/C23H37BN2Se2/c1-16(2)18-12-11-13-19(17(3)4)20(18)26-21(24(15-25,27-9)28-10)22(5,6)14-23(26,7)8/h11-13,16-17H,14H2,1-10H3. The van der Waals surface area contributed by atoms with Gasteiger partial charge in [0.05, 0.1) is 0 Å². The number of hydrogen-bond donors (Lipinski definition) is 0. The molecule has 1 aliphatic rings. The first-order chi connectivity index (χ1) is 12.9. The predicted molar refractivity (Wildman–Crippen MR) is 127 cm³/mol. The number of hydrogen-bond acceptors (Lipinski definition) is 1. The Labute approximate surface area is 185 Å². The third-order valence-electron chi connectivity index (χ3n) is 6.17. The van der Waals surface area contributed by atoms with E-state index in [-0.39, 0.29) is 11.0 Å². The summed E-state index contributed by atoms with van der Waals surface area (Å²) in [5.41, 5.74) is 5.74. The second-order valence-corrected chi connectivity index (χ2v) is 16.5. The van der Waals surface area contributed by atoms with Crippen LogP contribution in [0.1, 0.15) is 84.8 Å². The zero-order chi connectivity index (χ0) is 21.5. The minimum absolute atomic E-state index is 0.00775. The first kappa shape index (κ1) is 23.8. The van der Waals surface area contributed by atoms with Gasteiger partial charge in [0.15, 0.2) is 0 Å². The summed E-state index contributed by atoms with van der Waals surface area (Å²) in [7, 11) is 0. The van der Waals surface area contributed by atoms with Gasteiger partial charge in [-0.25, -0.2) is 0 Å². The van der Waals surface area contributed by atoms with Crippen molar-refractivity contribution in [2.75, 3.05) is 0 Å². The van der Waals surface area contributed by atoms with Crippen molar-refractivity contribution < 1.29 is 4.58 Å². The fraction of sp³-hybridized carbons (Fsp3) is 0.652. The van der Waals surface area contributed by atoms with Crippen LogP contribution in [0, 0.1) is 16.6 Å². The number of nitriles is 1. The van der Waals surface area contributed by atoms with Crippen molar-refractivity contribution in [1.82, 2.24) is 0 Å². The zero-order valence-corrected chi connectivity index (χ0v) is 22.8. The van der Waals surface area contributed by atoms with Crippen LogP contribution in [0.5, 0.6) is 0 Å². The Hall–Kier alpha value is -0.516. The Morgan fingerprint density at radius 2 is 1.46 bits per heavy atom. The van der Waals surface area contributed by atoms with E-state index in [9.17, 15) is 5.26 Å². The molecule has 1 aliphatic heterocycles. The van der Waals surface area contributed by atoms with Crippen molar-refractivity contribution in [3.8, 4) is 5.97 Å². The first-order valence-corrected chi connectivity index (χ1v) is 15.8. The fourth-order valence-corrected chi connectivity index (χ4v) is 10.9. The number of para-hydroxylation sites is 1. The van der Waals surface area contributed by atoms with E-state index in [0.29, 0.717) is 41.4 Å². The van der Waals surface area contributed by atoms with Gasteiger partial charge in [0.25, 0.3) is 0 Å². The maximum absolute atomic E-state index is 10.4. The molecule has 0 radical (unpaired) electrons. The third kappa shape index (κ3) is 3.91. The molecule has 2 nitrogen and oxygen atoms in total. The Kier molecular flexibility index (Phi) is 7.05. The summed E-state index contributed by atoms with van der Waals surface area (Å²) in [5, 5.41) is 10.4. The topological polar surface area (TPSA) is 26.8 Å². The summed E-state index contributed by atoms with van der Waals surface area (Å²) in [4.78, 5) is 0. The Bertz CT molecular complexity index is 786. The monoisotopic (exact) mass is 512 g/mol. The molecular weight excluding hydrogens is 473 g/mol. The average molecular weight is 510 g/mol. The summed E-state index contributed by atoms with van der Waals surface area (Å²) in [5.74, 6) is 8.37. The molecule has 0 unspecified atom stereocenters. The summed E-state index contributed by atoms with van der Waals surface area (Å²) in [6, 6.07) is 6.83. The molecule has 1 heterocycles. The molecule has 0 atom stereocenters. The van der Waals surface area contributed by atoms with Crippen molar-refractivity contribution in [3.63, 3.8) is 0 Å². The number of benzene rings is 1. The van der Waals surface area contributed by atoms with Gasteiger partial charge in [-0.3, -0.25) is 0 Å². The van der Waals surface area contributed by atoms with E-state index in [1.807, 2.05) is 0 Å². The molecule has 0 amide bonds. The summed E-state index contributed by atoms with van der Waals surface area (Å²) < 4.78 is 1.56. The summed E-state index contributed by atoms with van der Waals surface area (Å²) >= 11 is 0.610. The van der Waals surface area contributed by atoms with E-state index in [1.165, 1.54) is 22.4 Å². The number of rotatable bonds is 6. The van der Waals surface area contributed by atoms with Crippen molar-refractivity contribution in [2.24, 2.45) is 5.41 Å². The van der Waals surface area contributed by atoms with Crippen LogP contribution in [-0.2, 0) is 0 Å². The zero-order valence-electron chi connectivity index (χ0n) is 19.4. The molecular formula is C23H37BN2Se2. The molecule has 0 N–H and O–H groups in total. The van der Waals surface area contributed by atoms with Gasteiger partial charge in [-0.05, 0) is 0 Å². The molecule has 28 heavy (non-hydrogen) atoms. The van der Waals surface area contributed by atoms with Gasteiger partial charge in [0, 0.05) is 0 Å². The maximum atomic E-state index is 10.4. The van der Waals surface area contributed by atoms with Crippen LogP contribution in [0.25, 0.3) is 0 Å². The van der Waals surface area contributed by atoms with Crippen LogP contribution in [0.3, 0.4) is 0 Å². The van der Waals surface area contributed by atoms with Gasteiger partial charge in [-0.15, -0.1) is 0 Å². The second-order valence-electron chi connectivity index (χ2n) is 10.0. The van der Waals surface area contributed by atoms with E-state index in [1.54, 1.807) is 0 Å². The van der Waals surface area contributed by atoms with Gasteiger partial charge < -0.3 is 0 Å². The van der Waals surface area contributed by atoms with Crippen LogP contribution in [0.2, 0.25) is 11.6 Å². The molecule has 0 saturated carbocycles. The van der Waals surface area contributed by atoms with Crippen molar-refractivity contribution in [3.05, 3.63) is 29.3 Å². The molecule has 154 valence electrons. The van der Waals surface area contributed by atoms with Crippen LogP contribution >= 0.6 is 0 Å². The average Bonchev–Trinajstić information content (AvgIpc) is 2.80. The molecule has 0 aromatic heterocycles. The molecule has 1 aromatic carbocycles. The molecule has 0 bridgehead atoms. The van der Waals surface area contributed by atoms with Gasteiger partial charge >= 0.3 is 186 Å². The van der Waals surface area contributed by atoms with E-state index in [2.05, 4.69) is 95.8 Å². The fourth-order valence-electron chi connectivity index (χ4n) is 5.24. The van der Waals surface area contributed by atoms with Crippen molar-refractivity contribution in [1.29, 1.82) is 5.26 Å². The predicted octanol–water partition coefficient (Wildman–Crippen LogP) is 5.78. The number of nitrogens with zero attached hydrogens (tertiary/aromatic N) is 2. The molecule has 0 spiro atoms. The minimum atomic E-state index is -1.11. The van der Waals surface area contributed by atoms with Crippen molar-refractivity contribution >= 4 is 44.6 Å². The van der Waals surface area contributed by atoms with Crippen molar-refractivity contribution in [2.45, 2.75) is 90.8 Å². The van der Waals surface area contributed by atoms with Gasteiger partial charge in [0.1, 0.15) is 0 Å². The summed E-state index contributed by atoms with van der Waals surface area (Å²) in [6.45, 7) is 18.7.